The number of hydrogen-bond donors (Lipinski definition) is 0. The van der Waals surface area contributed by atoms with E-state index in [2.05, 4.69) is 4.99 Å². The Morgan fingerprint density at radius 1 is 1.15 bits per heavy atom. The van der Waals surface area contributed by atoms with Gasteiger partial charge < -0.3 is 9.30 Å². The number of amides is 1. The SMILES string of the molecule is COC(=O)Cn1c(=NC(=O)c2c(F)cccc2F)sc2cccc(C)c21. The highest BCUT2D eigenvalue weighted by molar-refractivity contribution is 7.16. The Bertz CT molecular complexity index is 1070. The number of carbonyl (C=O) groups excluding carboxylic acids is 2. The van der Waals surface area contributed by atoms with Crippen molar-refractivity contribution in [2.45, 2.75) is 13.5 Å². The number of rotatable bonds is 3. The summed E-state index contributed by atoms with van der Waals surface area (Å²) in [6.07, 6.45) is 0. The molecule has 0 unspecified atom stereocenters. The average molecular weight is 376 g/mol. The topological polar surface area (TPSA) is 60.7 Å². The van der Waals surface area contributed by atoms with Crippen LogP contribution in [0, 0.1) is 18.6 Å². The third-order valence-electron chi connectivity index (χ3n) is 3.79. The number of aromatic nitrogens is 1. The van der Waals surface area contributed by atoms with E-state index in [-0.39, 0.29) is 11.3 Å². The lowest BCUT2D eigenvalue weighted by molar-refractivity contribution is -0.141. The Balaban J connectivity index is 2.22. The highest BCUT2D eigenvalue weighted by atomic mass is 32.1. The molecule has 1 heterocycles. The van der Waals surface area contributed by atoms with Gasteiger partial charge in [0.1, 0.15) is 23.7 Å². The summed E-state index contributed by atoms with van der Waals surface area (Å²) >= 11 is 1.15. The molecular formula is C18H14F2N2O3S. The maximum absolute atomic E-state index is 13.8. The molecule has 0 saturated carbocycles. The molecule has 0 aliphatic heterocycles. The van der Waals surface area contributed by atoms with Crippen LogP contribution in [0.1, 0.15) is 15.9 Å². The Morgan fingerprint density at radius 2 is 1.81 bits per heavy atom. The number of benzene rings is 2. The number of ether oxygens (including phenoxy) is 1. The smallest absolute Gasteiger partial charge is 0.325 e. The van der Waals surface area contributed by atoms with Crippen molar-refractivity contribution >= 4 is 33.4 Å². The minimum atomic E-state index is -1.05. The van der Waals surface area contributed by atoms with Crippen LogP contribution in [0.15, 0.2) is 41.4 Å². The number of halogens is 2. The van der Waals surface area contributed by atoms with E-state index in [9.17, 15) is 18.4 Å². The fraction of sp³-hybridized carbons (Fsp3) is 0.167. The molecule has 2 aromatic carbocycles. The summed E-state index contributed by atoms with van der Waals surface area (Å²) in [6, 6.07) is 8.65. The third-order valence-corrected chi connectivity index (χ3v) is 4.84. The highest BCUT2D eigenvalue weighted by Gasteiger charge is 2.18. The minimum Gasteiger partial charge on any atom is -0.468 e. The molecule has 26 heavy (non-hydrogen) atoms. The van der Waals surface area contributed by atoms with Crippen LogP contribution < -0.4 is 4.80 Å². The van der Waals surface area contributed by atoms with Gasteiger partial charge in [0.2, 0.25) is 0 Å². The summed E-state index contributed by atoms with van der Waals surface area (Å²) in [7, 11) is 1.25. The maximum atomic E-state index is 13.8. The minimum absolute atomic E-state index is 0.160. The molecule has 0 bridgehead atoms. The molecule has 0 aliphatic rings. The normalized spacial score (nSPS) is 11.8. The third kappa shape index (κ3) is 3.28. The number of thiazole rings is 1. The molecule has 3 rings (SSSR count). The van der Waals surface area contributed by atoms with Gasteiger partial charge in [-0.3, -0.25) is 9.59 Å². The van der Waals surface area contributed by atoms with Crippen LogP contribution in [0.5, 0.6) is 0 Å². The Labute approximate surface area is 151 Å². The summed E-state index contributed by atoms with van der Waals surface area (Å²) in [4.78, 5) is 28.2. The van der Waals surface area contributed by atoms with Gasteiger partial charge in [-0.15, -0.1) is 0 Å². The zero-order chi connectivity index (χ0) is 18.8. The number of carbonyl (C=O) groups is 2. The summed E-state index contributed by atoms with van der Waals surface area (Å²) in [6.45, 7) is 1.68. The van der Waals surface area contributed by atoms with E-state index in [0.717, 1.165) is 33.7 Å². The van der Waals surface area contributed by atoms with Crippen molar-refractivity contribution in [2.24, 2.45) is 4.99 Å². The molecule has 134 valence electrons. The first-order valence-corrected chi connectivity index (χ1v) is 8.43. The zero-order valence-electron chi connectivity index (χ0n) is 14.0. The highest BCUT2D eigenvalue weighted by Crippen LogP contribution is 2.21. The Morgan fingerprint density at radius 3 is 2.46 bits per heavy atom. The van der Waals surface area contributed by atoms with Crippen LogP contribution in [-0.4, -0.2) is 23.6 Å². The van der Waals surface area contributed by atoms with E-state index in [4.69, 9.17) is 4.74 Å². The van der Waals surface area contributed by atoms with Crippen LogP contribution in [0.25, 0.3) is 10.2 Å². The standard InChI is InChI=1S/C18H14F2N2O3S/c1-10-5-3-8-13-16(10)22(9-14(23)25-2)18(26-13)21-17(24)15-11(19)6-4-7-12(15)20/h3-8H,9H2,1-2H3. The number of hydrogen-bond acceptors (Lipinski definition) is 4. The van der Waals surface area contributed by atoms with Crippen LogP contribution in [0.3, 0.4) is 0 Å². The quantitative estimate of drug-likeness (QED) is 0.660. The van der Waals surface area contributed by atoms with Crippen molar-refractivity contribution in [2.75, 3.05) is 7.11 Å². The summed E-state index contributed by atoms with van der Waals surface area (Å²) in [5, 5.41) is 0. The fourth-order valence-electron chi connectivity index (χ4n) is 2.58. The van der Waals surface area contributed by atoms with Crippen LogP contribution in [0.4, 0.5) is 8.78 Å². The average Bonchev–Trinajstić information content (AvgIpc) is 2.93. The molecule has 3 aromatic rings. The number of nitrogens with zero attached hydrogens (tertiary/aromatic N) is 2. The van der Waals surface area contributed by atoms with E-state index in [0.29, 0.717) is 5.52 Å². The van der Waals surface area contributed by atoms with Crippen LogP contribution in [0.2, 0.25) is 0 Å². The molecule has 0 spiro atoms. The number of aryl methyl sites for hydroxylation is 1. The van der Waals surface area contributed by atoms with E-state index in [1.165, 1.54) is 17.7 Å². The molecule has 0 N–H and O–H groups in total. The van der Waals surface area contributed by atoms with Gasteiger partial charge in [0.15, 0.2) is 4.80 Å². The van der Waals surface area contributed by atoms with Gasteiger partial charge in [-0.2, -0.15) is 4.99 Å². The molecule has 5 nitrogen and oxygen atoms in total. The second-order valence-electron chi connectivity index (χ2n) is 5.48. The Kier molecular flexibility index (Phi) is 4.94. The lowest BCUT2D eigenvalue weighted by Gasteiger charge is -2.06. The zero-order valence-corrected chi connectivity index (χ0v) is 14.8. The summed E-state index contributed by atoms with van der Waals surface area (Å²) in [5.41, 5.74) is 0.850. The van der Waals surface area contributed by atoms with Gasteiger partial charge in [-0.1, -0.05) is 29.5 Å². The largest absolute Gasteiger partial charge is 0.468 e. The Hall–Kier alpha value is -2.87. The molecular weight excluding hydrogens is 362 g/mol. The van der Waals surface area contributed by atoms with Gasteiger partial charge >= 0.3 is 5.97 Å². The maximum Gasteiger partial charge on any atom is 0.325 e. The first kappa shape index (κ1) is 17.9. The van der Waals surface area contributed by atoms with Crippen molar-refractivity contribution < 1.29 is 23.1 Å². The lowest BCUT2D eigenvalue weighted by Crippen LogP contribution is -2.23. The fourth-order valence-corrected chi connectivity index (χ4v) is 3.68. The molecule has 8 heteroatoms. The monoisotopic (exact) mass is 376 g/mol. The van der Waals surface area contributed by atoms with E-state index in [1.807, 2.05) is 25.1 Å². The molecule has 1 amide bonds. The van der Waals surface area contributed by atoms with Crippen LogP contribution >= 0.6 is 11.3 Å². The number of methoxy groups -OCH3 is 1. The number of esters is 1. The summed E-state index contributed by atoms with van der Waals surface area (Å²) < 4.78 is 34.7. The predicted octanol–water partition coefficient (Wildman–Crippen LogP) is 3.20. The van der Waals surface area contributed by atoms with Crippen molar-refractivity contribution in [3.63, 3.8) is 0 Å². The van der Waals surface area contributed by atoms with E-state index in [1.54, 1.807) is 0 Å². The first-order chi connectivity index (χ1) is 12.4. The molecule has 0 radical (unpaired) electrons. The molecule has 1 aromatic heterocycles. The van der Waals surface area contributed by atoms with Gasteiger partial charge in [0, 0.05) is 0 Å². The lowest BCUT2D eigenvalue weighted by atomic mass is 10.2. The first-order valence-electron chi connectivity index (χ1n) is 7.61. The molecule has 0 saturated heterocycles. The van der Waals surface area contributed by atoms with Crippen molar-refractivity contribution in [1.82, 2.24) is 4.57 Å². The van der Waals surface area contributed by atoms with Gasteiger partial charge in [0.25, 0.3) is 5.91 Å². The number of para-hydroxylation sites is 1. The molecule has 0 atom stereocenters. The van der Waals surface area contributed by atoms with Crippen LogP contribution in [-0.2, 0) is 16.1 Å². The van der Waals surface area contributed by atoms with Crippen molar-refractivity contribution in [3.05, 3.63) is 64.0 Å². The van der Waals surface area contributed by atoms with Gasteiger partial charge in [-0.05, 0) is 30.7 Å². The summed E-state index contributed by atoms with van der Waals surface area (Å²) in [5.74, 6) is -3.56. The number of fused-ring (bicyclic) bond motifs is 1. The van der Waals surface area contributed by atoms with Gasteiger partial charge in [-0.25, -0.2) is 8.78 Å². The van der Waals surface area contributed by atoms with E-state index < -0.39 is 29.1 Å². The molecule has 0 fully saturated rings. The van der Waals surface area contributed by atoms with E-state index >= 15 is 0 Å². The predicted molar refractivity (Wildman–Crippen MR) is 92.8 cm³/mol. The second kappa shape index (κ2) is 7.17. The molecule has 0 aliphatic carbocycles. The van der Waals surface area contributed by atoms with Crippen molar-refractivity contribution in [1.29, 1.82) is 0 Å². The van der Waals surface area contributed by atoms with Crippen molar-refractivity contribution in [3.8, 4) is 0 Å². The second-order valence-corrected chi connectivity index (χ2v) is 6.49. The van der Waals surface area contributed by atoms with Gasteiger partial charge in [0.05, 0.1) is 17.3 Å².